The third-order valence-corrected chi connectivity index (χ3v) is 3.70. The first kappa shape index (κ1) is 15.9. The molecule has 1 amide bonds. The Bertz CT molecular complexity index is 934. The summed E-state index contributed by atoms with van der Waals surface area (Å²) in [5, 5.41) is 12.4. The largest absolute Gasteiger partial charge is 0.392 e. The molecule has 2 aromatic carbocycles. The maximum absolute atomic E-state index is 12.3. The fraction of sp³-hybridized carbons (Fsp3) is 0.167. The molecular weight excluding hydrogens is 306 g/mol. The maximum Gasteiger partial charge on any atom is 0.261 e. The Morgan fingerprint density at radius 1 is 1.17 bits per heavy atom. The second kappa shape index (κ2) is 7.06. The van der Waals surface area contributed by atoms with E-state index in [0.717, 1.165) is 5.56 Å². The van der Waals surface area contributed by atoms with Crippen LogP contribution in [0.2, 0.25) is 0 Å². The number of aliphatic hydroxyl groups excluding tert-OH is 1. The van der Waals surface area contributed by atoms with Crippen LogP contribution in [0.15, 0.2) is 59.7 Å². The number of anilines is 1. The van der Waals surface area contributed by atoms with Crippen LogP contribution < -0.4 is 10.9 Å². The summed E-state index contributed by atoms with van der Waals surface area (Å²) in [4.78, 5) is 28.6. The predicted molar refractivity (Wildman–Crippen MR) is 91.6 cm³/mol. The Balaban J connectivity index is 1.68. The van der Waals surface area contributed by atoms with Gasteiger partial charge in [-0.25, -0.2) is 4.98 Å². The summed E-state index contributed by atoms with van der Waals surface area (Å²) in [5.74, 6) is -0.204. The van der Waals surface area contributed by atoms with E-state index in [-0.39, 0.29) is 31.0 Å². The second-order valence-corrected chi connectivity index (χ2v) is 5.42. The van der Waals surface area contributed by atoms with Crippen LogP contribution in [-0.4, -0.2) is 20.6 Å². The highest BCUT2D eigenvalue weighted by Crippen LogP contribution is 2.11. The highest BCUT2D eigenvalue weighted by atomic mass is 16.3. The summed E-state index contributed by atoms with van der Waals surface area (Å²) in [6.07, 6.45) is 1.62. The van der Waals surface area contributed by atoms with Crippen LogP contribution in [0.3, 0.4) is 0 Å². The van der Waals surface area contributed by atoms with Crippen LogP contribution >= 0.6 is 0 Å². The summed E-state index contributed by atoms with van der Waals surface area (Å²) in [6.45, 7) is 0.171. The van der Waals surface area contributed by atoms with Crippen molar-refractivity contribution in [3.63, 3.8) is 0 Å². The monoisotopic (exact) mass is 323 g/mol. The zero-order valence-corrected chi connectivity index (χ0v) is 13.0. The Hall–Kier alpha value is -2.99. The third-order valence-electron chi connectivity index (χ3n) is 3.70. The van der Waals surface area contributed by atoms with Gasteiger partial charge in [-0.2, -0.15) is 0 Å². The Labute approximate surface area is 138 Å². The molecular formula is C18H17N3O3. The molecule has 0 saturated heterocycles. The lowest BCUT2D eigenvalue weighted by molar-refractivity contribution is -0.116. The lowest BCUT2D eigenvalue weighted by Gasteiger charge is -2.08. The molecule has 3 aromatic rings. The van der Waals surface area contributed by atoms with Gasteiger partial charge < -0.3 is 10.4 Å². The molecule has 3 rings (SSSR count). The standard InChI is InChI=1S/C18H17N3O3/c22-11-13-4-3-5-14(10-13)20-17(23)8-9-21-12-19-16-7-2-1-6-15(16)18(21)24/h1-7,10,12,22H,8-9,11H2,(H,20,23). The molecule has 6 heteroatoms. The molecule has 0 unspecified atom stereocenters. The second-order valence-electron chi connectivity index (χ2n) is 5.42. The van der Waals surface area contributed by atoms with Crippen molar-refractivity contribution >= 4 is 22.5 Å². The number of nitrogens with one attached hydrogen (secondary N) is 1. The number of fused-ring (bicyclic) bond motifs is 1. The lowest BCUT2D eigenvalue weighted by atomic mass is 10.2. The van der Waals surface area contributed by atoms with Crippen LogP contribution in [0.1, 0.15) is 12.0 Å². The molecule has 122 valence electrons. The van der Waals surface area contributed by atoms with Crippen molar-refractivity contribution in [2.24, 2.45) is 0 Å². The summed E-state index contributed by atoms with van der Waals surface area (Å²) in [6, 6.07) is 14.1. The quantitative estimate of drug-likeness (QED) is 0.751. The number of rotatable bonds is 5. The number of amides is 1. The van der Waals surface area contributed by atoms with Crippen molar-refractivity contribution in [3.8, 4) is 0 Å². The van der Waals surface area contributed by atoms with Crippen LogP contribution in [0.4, 0.5) is 5.69 Å². The molecule has 0 aliphatic rings. The van der Waals surface area contributed by atoms with E-state index < -0.39 is 0 Å². The number of aromatic nitrogens is 2. The Kier molecular flexibility index (Phi) is 4.67. The molecule has 0 bridgehead atoms. The number of hydrogen-bond acceptors (Lipinski definition) is 4. The topological polar surface area (TPSA) is 84.2 Å². The van der Waals surface area contributed by atoms with Gasteiger partial charge in [0.2, 0.25) is 5.91 Å². The molecule has 1 aromatic heterocycles. The smallest absolute Gasteiger partial charge is 0.261 e. The summed E-state index contributed by atoms with van der Waals surface area (Å²) >= 11 is 0. The van der Waals surface area contributed by atoms with Gasteiger partial charge in [0, 0.05) is 18.7 Å². The first-order chi connectivity index (χ1) is 11.7. The molecule has 1 heterocycles. The van der Waals surface area contributed by atoms with Gasteiger partial charge >= 0.3 is 0 Å². The normalized spacial score (nSPS) is 10.7. The lowest BCUT2D eigenvalue weighted by Crippen LogP contribution is -2.23. The highest BCUT2D eigenvalue weighted by Gasteiger charge is 2.07. The van der Waals surface area contributed by atoms with E-state index in [1.165, 1.54) is 10.9 Å². The van der Waals surface area contributed by atoms with Crippen molar-refractivity contribution in [2.45, 2.75) is 19.6 Å². The van der Waals surface area contributed by atoms with Crippen LogP contribution in [0.5, 0.6) is 0 Å². The molecule has 0 fully saturated rings. The van der Waals surface area contributed by atoms with Crippen LogP contribution in [0, 0.1) is 0 Å². The van der Waals surface area contributed by atoms with Crippen molar-refractivity contribution in [1.29, 1.82) is 0 Å². The molecule has 0 atom stereocenters. The number of hydrogen-bond donors (Lipinski definition) is 2. The Morgan fingerprint density at radius 2 is 2.00 bits per heavy atom. The van der Waals surface area contributed by atoms with Gasteiger partial charge in [0.25, 0.3) is 5.56 Å². The number of para-hydroxylation sites is 1. The maximum atomic E-state index is 12.3. The molecule has 24 heavy (non-hydrogen) atoms. The minimum atomic E-state index is -0.204. The third kappa shape index (κ3) is 3.49. The summed E-state index contributed by atoms with van der Waals surface area (Å²) in [5.41, 5.74) is 1.83. The molecule has 0 aliphatic carbocycles. The summed E-state index contributed by atoms with van der Waals surface area (Å²) in [7, 11) is 0. The summed E-state index contributed by atoms with van der Waals surface area (Å²) < 4.78 is 1.44. The number of benzene rings is 2. The minimum Gasteiger partial charge on any atom is -0.392 e. The zero-order valence-electron chi connectivity index (χ0n) is 13.0. The SMILES string of the molecule is O=C(CCn1cnc2ccccc2c1=O)Nc1cccc(CO)c1. The fourth-order valence-corrected chi connectivity index (χ4v) is 2.46. The first-order valence-corrected chi connectivity index (χ1v) is 7.61. The minimum absolute atomic E-state index is 0.0815. The number of aliphatic hydroxyl groups is 1. The van der Waals surface area contributed by atoms with Gasteiger partial charge in [0.05, 0.1) is 23.8 Å². The average Bonchev–Trinajstić information content (AvgIpc) is 2.61. The van der Waals surface area contributed by atoms with Crippen LogP contribution in [-0.2, 0) is 17.9 Å². The van der Waals surface area contributed by atoms with Crippen LogP contribution in [0.25, 0.3) is 10.9 Å². The predicted octanol–water partition coefficient (Wildman–Crippen LogP) is 1.92. The van der Waals surface area contributed by atoms with Crippen molar-refractivity contribution < 1.29 is 9.90 Å². The Morgan fingerprint density at radius 3 is 2.83 bits per heavy atom. The van der Waals surface area contributed by atoms with E-state index in [0.29, 0.717) is 16.6 Å². The molecule has 2 N–H and O–H groups in total. The number of nitrogens with zero attached hydrogens (tertiary/aromatic N) is 2. The highest BCUT2D eigenvalue weighted by molar-refractivity contribution is 5.90. The van der Waals surface area contributed by atoms with E-state index in [4.69, 9.17) is 5.11 Å². The van der Waals surface area contributed by atoms with Crippen molar-refractivity contribution in [3.05, 3.63) is 70.8 Å². The fourth-order valence-electron chi connectivity index (χ4n) is 2.46. The first-order valence-electron chi connectivity index (χ1n) is 7.61. The molecule has 0 aliphatic heterocycles. The van der Waals surface area contributed by atoms with E-state index in [2.05, 4.69) is 10.3 Å². The molecule has 6 nitrogen and oxygen atoms in total. The van der Waals surface area contributed by atoms with Gasteiger partial charge in [-0.15, -0.1) is 0 Å². The van der Waals surface area contributed by atoms with Crippen molar-refractivity contribution in [1.82, 2.24) is 9.55 Å². The molecule has 0 spiro atoms. The van der Waals surface area contributed by atoms with Gasteiger partial charge in [-0.1, -0.05) is 24.3 Å². The van der Waals surface area contributed by atoms with E-state index in [9.17, 15) is 9.59 Å². The molecule has 0 radical (unpaired) electrons. The van der Waals surface area contributed by atoms with Gasteiger partial charge in [-0.3, -0.25) is 14.2 Å². The number of carbonyl (C=O) groups is 1. The van der Waals surface area contributed by atoms with E-state index in [1.807, 2.05) is 6.07 Å². The average molecular weight is 323 g/mol. The number of carbonyl (C=O) groups excluding carboxylic acids is 1. The van der Waals surface area contributed by atoms with Gasteiger partial charge in [0.1, 0.15) is 0 Å². The van der Waals surface area contributed by atoms with Gasteiger partial charge in [-0.05, 0) is 29.8 Å². The number of aryl methyl sites for hydroxylation is 1. The zero-order chi connectivity index (χ0) is 16.9. The van der Waals surface area contributed by atoms with Crippen molar-refractivity contribution in [2.75, 3.05) is 5.32 Å². The van der Waals surface area contributed by atoms with E-state index in [1.54, 1.807) is 42.5 Å². The van der Waals surface area contributed by atoms with E-state index >= 15 is 0 Å². The molecule has 0 saturated carbocycles. The van der Waals surface area contributed by atoms with Gasteiger partial charge in [0.15, 0.2) is 0 Å².